The lowest BCUT2D eigenvalue weighted by Gasteiger charge is -2.06. The van der Waals surface area contributed by atoms with E-state index in [0.29, 0.717) is 5.13 Å². The van der Waals surface area contributed by atoms with E-state index in [1.807, 2.05) is 55.6 Å². The van der Waals surface area contributed by atoms with Crippen molar-refractivity contribution < 1.29 is 14.3 Å². The number of nitrogens with one attached hydrogen (secondary N) is 1. The molecule has 3 aromatic rings. The highest BCUT2D eigenvalue weighted by molar-refractivity contribution is 7.14. The van der Waals surface area contributed by atoms with Gasteiger partial charge < -0.3 is 10.5 Å². The van der Waals surface area contributed by atoms with Crippen molar-refractivity contribution in [1.29, 1.82) is 0 Å². The van der Waals surface area contributed by atoms with Crippen molar-refractivity contribution in [3.63, 3.8) is 0 Å². The Morgan fingerprint density at radius 3 is 2.48 bits per heavy atom. The standard InChI is InChI=1S/C19H18N4O3S/c1-11-6-15(7-12(2)21-11)13-4-3-5-14(8-13)16-10-27-19(22-16)23-17(24)9-26-18(20)25/h3-8,10H,9H2,1-2H3,(H2,20,25)(H,22,23,24). The summed E-state index contributed by atoms with van der Waals surface area (Å²) in [7, 11) is 0. The molecule has 3 rings (SSSR count). The smallest absolute Gasteiger partial charge is 0.405 e. The highest BCUT2D eigenvalue weighted by atomic mass is 32.1. The van der Waals surface area contributed by atoms with Crippen LogP contribution in [0, 0.1) is 13.8 Å². The Labute approximate surface area is 160 Å². The maximum absolute atomic E-state index is 11.7. The second-order valence-corrected chi connectivity index (χ2v) is 6.77. The third kappa shape index (κ3) is 4.89. The molecule has 8 heteroatoms. The van der Waals surface area contributed by atoms with E-state index in [4.69, 9.17) is 5.73 Å². The maximum Gasteiger partial charge on any atom is 0.405 e. The highest BCUT2D eigenvalue weighted by Crippen LogP contribution is 2.29. The number of hydrogen-bond donors (Lipinski definition) is 2. The SMILES string of the molecule is Cc1cc(-c2cccc(-c3csc(NC(=O)COC(N)=O)n3)c2)cc(C)n1. The summed E-state index contributed by atoms with van der Waals surface area (Å²) in [6.45, 7) is 3.50. The Hall–Kier alpha value is -3.26. The lowest BCUT2D eigenvalue weighted by atomic mass is 10.0. The van der Waals surface area contributed by atoms with E-state index in [9.17, 15) is 9.59 Å². The average molecular weight is 382 g/mol. The molecule has 0 fully saturated rings. The van der Waals surface area contributed by atoms with E-state index in [0.717, 1.165) is 33.8 Å². The van der Waals surface area contributed by atoms with Gasteiger partial charge in [-0.1, -0.05) is 18.2 Å². The summed E-state index contributed by atoms with van der Waals surface area (Å²) in [5.74, 6) is -0.494. The number of ether oxygens (including phenoxy) is 1. The zero-order chi connectivity index (χ0) is 19.4. The molecular weight excluding hydrogens is 364 g/mol. The fraction of sp³-hybridized carbons (Fsp3) is 0.158. The maximum atomic E-state index is 11.7. The van der Waals surface area contributed by atoms with Gasteiger partial charge in [-0.05, 0) is 43.2 Å². The molecule has 2 aromatic heterocycles. The number of aromatic nitrogens is 2. The third-order valence-electron chi connectivity index (χ3n) is 3.67. The molecule has 3 N–H and O–H groups in total. The lowest BCUT2D eigenvalue weighted by Crippen LogP contribution is -2.23. The predicted molar refractivity (Wildman–Crippen MR) is 104 cm³/mol. The number of carbonyl (C=O) groups excluding carboxylic acids is 2. The molecule has 0 aliphatic carbocycles. The first-order valence-corrected chi connectivity index (χ1v) is 9.02. The fourth-order valence-electron chi connectivity index (χ4n) is 2.61. The Morgan fingerprint density at radius 1 is 1.07 bits per heavy atom. The van der Waals surface area contributed by atoms with Crippen LogP contribution >= 0.6 is 11.3 Å². The zero-order valence-electron chi connectivity index (χ0n) is 14.9. The topological polar surface area (TPSA) is 107 Å². The van der Waals surface area contributed by atoms with Crippen LogP contribution in [0.4, 0.5) is 9.93 Å². The molecule has 27 heavy (non-hydrogen) atoms. The van der Waals surface area contributed by atoms with Gasteiger partial charge in [0.05, 0.1) is 5.69 Å². The van der Waals surface area contributed by atoms with Gasteiger partial charge in [-0.15, -0.1) is 11.3 Å². The van der Waals surface area contributed by atoms with Crippen molar-refractivity contribution in [3.8, 4) is 22.4 Å². The molecule has 0 atom stereocenters. The number of carbonyl (C=O) groups is 2. The monoisotopic (exact) mass is 382 g/mol. The minimum absolute atomic E-state index is 0.420. The summed E-state index contributed by atoms with van der Waals surface area (Å²) < 4.78 is 4.45. The van der Waals surface area contributed by atoms with Gasteiger partial charge >= 0.3 is 6.09 Å². The van der Waals surface area contributed by atoms with Crippen LogP contribution in [-0.2, 0) is 9.53 Å². The average Bonchev–Trinajstić information content (AvgIpc) is 3.08. The van der Waals surface area contributed by atoms with Crippen molar-refractivity contribution in [1.82, 2.24) is 9.97 Å². The second-order valence-electron chi connectivity index (χ2n) is 5.91. The molecule has 0 radical (unpaired) electrons. The van der Waals surface area contributed by atoms with Crippen LogP contribution in [-0.4, -0.2) is 28.6 Å². The van der Waals surface area contributed by atoms with E-state index in [1.165, 1.54) is 11.3 Å². The molecule has 7 nitrogen and oxygen atoms in total. The molecular formula is C19H18N4O3S. The molecule has 0 aliphatic rings. The molecule has 0 aliphatic heterocycles. The van der Waals surface area contributed by atoms with Gasteiger partial charge in [0.15, 0.2) is 11.7 Å². The first kappa shape index (κ1) is 18.5. The molecule has 0 saturated carbocycles. The Morgan fingerprint density at radius 2 is 1.78 bits per heavy atom. The van der Waals surface area contributed by atoms with Gasteiger partial charge in [-0.25, -0.2) is 9.78 Å². The van der Waals surface area contributed by atoms with Crippen molar-refractivity contribution in [2.45, 2.75) is 13.8 Å². The molecule has 2 amide bonds. The van der Waals surface area contributed by atoms with Crippen LogP contribution in [0.3, 0.4) is 0 Å². The van der Waals surface area contributed by atoms with E-state index in [1.54, 1.807) is 0 Å². The van der Waals surface area contributed by atoms with Gasteiger partial charge in [0.2, 0.25) is 0 Å². The number of hydrogen-bond acceptors (Lipinski definition) is 6. The minimum atomic E-state index is -0.997. The van der Waals surface area contributed by atoms with Crippen LogP contribution < -0.4 is 11.1 Å². The van der Waals surface area contributed by atoms with E-state index in [-0.39, 0.29) is 0 Å². The summed E-state index contributed by atoms with van der Waals surface area (Å²) in [5.41, 5.74) is 10.6. The van der Waals surface area contributed by atoms with Crippen molar-refractivity contribution in [2.75, 3.05) is 11.9 Å². The summed E-state index contributed by atoms with van der Waals surface area (Å²) >= 11 is 1.29. The number of rotatable bonds is 5. The minimum Gasteiger partial charge on any atom is -0.440 e. The number of benzene rings is 1. The van der Waals surface area contributed by atoms with Crippen LogP contribution in [0.1, 0.15) is 11.4 Å². The quantitative estimate of drug-likeness (QED) is 0.702. The molecule has 0 saturated heterocycles. The van der Waals surface area contributed by atoms with E-state index < -0.39 is 18.6 Å². The van der Waals surface area contributed by atoms with Crippen molar-refractivity contribution >= 4 is 28.5 Å². The van der Waals surface area contributed by atoms with Gasteiger partial charge in [-0.2, -0.15) is 0 Å². The number of primary amides is 1. The van der Waals surface area contributed by atoms with Gasteiger partial charge in [0.1, 0.15) is 0 Å². The first-order chi connectivity index (χ1) is 12.9. The normalized spacial score (nSPS) is 10.4. The number of nitrogens with two attached hydrogens (primary N) is 1. The molecule has 0 unspecified atom stereocenters. The summed E-state index contributed by atoms with van der Waals surface area (Å²) in [6, 6.07) is 12.1. The second kappa shape index (κ2) is 7.96. The molecule has 0 spiro atoms. The van der Waals surface area contributed by atoms with E-state index >= 15 is 0 Å². The Balaban J connectivity index is 1.79. The largest absolute Gasteiger partial charge is 0.440 e. The van der Waals surface area contributed by atoms with E-state index in [2.05, 4.69) is 20.0 Å². The summed E-state index contributed by atoms with van der Waals surface area (Å²) in [5, 5.41) is 4.85. The molecule has 1 aromatic carbocycles. The molecule has 0 bridgehead atoms. The van der Waals surface area contributed by atoms with Crippen molar-refractivity contribution in [3.05, 3.63) is 53.2 Å². The van der Waals surface area contributed by atoms with Crippen LogP contribution in [0.15, 0.2) is 41.8 Å². The number of thiazole rings is 1. The Kier molecular flexibility index (Phi) is 5.46. The number of nitrogens with zero attached hydrogens (tertiary/aromatic N) is 2. The van der Waals surface area contributed by atoms with Gasteiger partial charge in [0.25, 0.3) is 5.91 Å². The summed E-state index contributed by atoms with van der Waals surface area (Å²) in [4.78, 5) is 31.0. The highest BCUT2D eigenvalue weighted by Gasteiger charge is 2.10. The summed E-state index contributed by atoms with van der Waals surface area (Å²) in [6.07, 6.45) is -0.997. The van der Waals surface area contributed by atoms with Crippen LogP contribution in [0.2, 0.25) is 0 Å². The van der Waals surface area contributed by atoms with Gasteiger partial charge in [0, 0.05) is 22.3 Å². The number of anilines is 1. The Bertz CT molecular complexity index is 980. The number of pyridine rings is 1. The third-order valence-corrected chi connectivity index (χ3v) is 4.43. The predicted octanol–water partition coefficient (Wildman–Crippen LogP) is 3.52. The molecule has 2 heterocycles. The lowest BCUT2D eigenvalue weighted by molar-refractivity contribution is -0.118. The fourth-order valence-corrected chi connectivity index (χ4v) is 3.35. The van der Waals surface area contributed by atoms with Crippen LogP contribution in [0.25, 0.3) is 22.4 Å². The van der Waals surface area contributed by atoms with Crippen LogP contribution in [0.5, 0.6) is 0 Å². The zero-order valence-corrected chi connectivity index (χ0v) is 15.7. The number of amides is 2. The van der Waals surface area contributed by atoms with Gasteiger partial charge in [-0.3, -0.25) is 15.1 Å². The first-order valence-electron chi connectivity index (χ1n) is 8.14. The van der Waals surface area contributed by atoms with Crippen molar-refractivity contribution in [2.24, 2.45) is 5.73 Å². The molecule has 138 valence electrons. The number of aryl methyl sites for hydroxylation is 2.